The number of carbonyl (C=O) groups excluding carboxylic acids is 1. The summed E-state index contributed by atoms with van der Waals surface area (Å²) in [5.74, 6) is 0.760. The van der Waals surface area contributed by atoms with Crippen LogP contribution in [-0.4, -0.2) is 47.5 Å². The Balaban J connectivity index is 1.69. The van der Waals surface area contributed by atoms with E-state index >= 15 is 0 Å². The first-order valence-electron chi connectivity index (χ1n) is 7.70. The molecule has 3 heterocycles. The Morgan fingerprint density at radius 3 is 3.09 bits per heavy atom. The number of likely N-dealkylation sites (tertiary alicyclic amines) is 1. The molecule has 1 aliphatic rings. The van der Waals surface area contributed by atoms with Crippen molar-refractivity contribution in [2.45, 2.75) is 25.3 Å². The summed E-state index contributed by atoms with van der Waals surface area (Å²) in [6.07, 6.45) is 4.47. The number of aryl methyl sites for hydroxylation is 1. The van der Waals surface area contributed by atoms with Gasteiger partial charge in [-0.2, -0.15) is 5.10 Å². The molecule has 0 radical (unpaired) electrons. The number of nitrogens with zero attached hydrogens (tertiary/aromatic N) is 6. The molecular formula is C15H17N7O. The predicted molar refractivity (Wildman–Crippen MR) is 82.5 cm³/mol. The van der Waals surface area contributed by atoms with E-state index in [9.17, 15) is 4.79 Å². The Morgan fingerprint density at radius 1 is 1.35 bits per heavy atom. The molecule has 23 heavy (non-hydrogen) atoms. The van der Waals surface area contributed by atoms with E-state index in [1.807, 2.05) is 30.1 Å². The molecule has 8 nitrogen and oxygen atoms in total. The molecule has 0 saturated carbocycles. The number of piperidine rings is 1. The van der Waals surface area contributed by atoms with Crippen LogP contribution in [-0.2, 0) is 7.05 Å². The molecule has 8 heteroatoms. The molecule has 118 valence electrons. The summed E-state index contributed by atoms with van der Waals surface area (Å²) >= 11 is 0. The third kappa shape index (κ3) is 2.36. The summed E-state index contributed by atoms with van der Waals surface area (Å²) in [7, 11) is 1.82. The van der Waals surface area contributed by atoms with Crippen LogP contribution in [0.15, 0.2) is 24.5 Å². The Bertz CT molecular complexity index is 839. The lowest BCUT2D eigenvalue weighted by Crippen LogP contribution is -2.39. The van der Waals surface area contributed by atoms with Gasteiger partial charge in [0.1, 0.15) is 17.7 Å². The molecule has 1 N–H and O–H groups in total. The topological polar surface area (TPSA) is 92.6 Å². The number of aromatic nitrogens is 6. The zero-order valence-electron chi connectivity index (χ0n) is 12.8. The van der Waals surface area contributed by atoms with Gasteiger partial charge in [-0.05, 0) is 37.5 Å². The van der Waals surface area contributed by atoms with E-state index in [0.29, 0.717) is 5.56 Å². The minimum absolute atomic E-state index is 0.00852. The summed E-state index contributed by atoms with van der Waals surface area (Å²) in [5, 5.41) is 14.8. The van der Waals surface area contributed by atoms with Crippen LogP contribution in [0.2, 0.25) is 0 Å². The fraction of sp³-hybridized carbons (Fsp3) is 0.400. The third-order valence-electron chi connectivity index (χ3n) is 4.37. The number of H-pyrrole nitrogens is 1. The van der Waals surface area contributed by atoms with Crippen LogP contribution in [0.5, 0.6) is 0 Å². The van der Waals surface area contributed by atoms with E-state index in [-0.39, 0.29) is 11.9 Å². The standard InChI is InChI=1S/C15H17N7O/c1-21-13-8-10(5-6-11(13)18-20-21)15(23)22-7-3-2-4-12(22)14-16-9-17-19-14/h5-6,8-9,12H,2-4,7H2,1H3,(H,16,17,19)/t12-/m1/s1. The van der Waals surface area contributed by atoms with Gasteiger partial charge in [-0.25, -0.2) is 9.67 Å². The van der Waals surface area contributed by atoms with Gasteiger partial charge >= 0.3 is 0 Å². The number of fused-ring (bicyclic) bond motifs is 1. The Labute approximate surface area is 132 Å². The molecule has 3 aromatic rings. The van der Waals surface area contributed by atoms with Crippen molar-refractivity contribution in [2.75, 3.05) is 6.54 Å². The molecule has 1 fully saturated rings. The Morgan fingerprint density at radius 2 is 2.26 bits per heavy atom. The van der Waals surface area contributed by atoms with Crippen molar-refractivity contribution in [3.8, 4) is 0 Å². The van der Waals surface area contributed by atoms with Crippen molar-refractivity contribution in [3.05, 3.63) is 35.9 Å². The van der Waals surface area contributed by atoms with Gasteiger partial charge in [0.25, 0.3) is 5.91 Å². The van der Waals surface area contributed by atoms with Gasteiger partial charge in [-0.3, -0.25) is 9.89 Å². The zero-order chi connectivity index (χ0) is 15.8. The highest BCUT2D eigenvalue weighted by atomic mass is 16.2. The average molecular weight is 311 g/mol. The van der Waals surface area contributed by atoms with E-state index in [2.05, 4.69) is 25.5 Å². The molecule has 2 aromatic heterocycles. The largest absolute Gasteiger partial charge is 0.328 e. The van der Waals surface area contributed by atoms with Gasteiger partial charge < -0.3 is 4.90 Å². The monoisotopic (exact) mass is 311 g/mol. The van der Waals surface area contributed by atoms with Crippen LogP contribution in [0.3, 0.4) is 0 Å². The number of amides is 1. The maximum atomic E-state index is 13.0. The number of nitrogens with one attached hydrogen (secondary N) is 1. The van der Waals surface area contributed by atoms with Gasteiger partial charge in [-0.15, -0.1) is 5.10 Å². The quantitative estimate of drug-likeness (QED) is 0.773. The van der Waals surface area contributed by atoms with E-state index in [0.717, 1.165) is 42.7 Å². The second kappa shape index (κ2) is 5.45. The Kier molecular flexibility index (Phi) is 3.29. The second-order valence-electron chi connectivity index (χ2n) is 5.80. The van der Waals surface area contributed by atoms with Crippen molar-refractivity contribution in [1.29, 1.82) is 0 Å². The molecule has 1 amide bonds. The maximum Gasteiger partial charge on any atom is 0.254 e. The predicted octanol–water partition coefficient (Wildman–Crippen LogP) is 1.45. The molecule has 0 aliphatic carbocycles. The number of carbonyl (C=O) groups is 1. The molecule has 0 unspecified atom stereocenters. The third-order valence-corrected chi connectivity index (χ3v) is 4.37. The summed E-state index contributed by atoms with van der Waals surface area (Å²) in [6.45, 7) is 0.728. The number of rotatable bonds is 2. The molecule has 1 aliphatic heterocycles. The molecule has 1 atom stereocenters. The summed E-state index contributed by atoms with van der Waals surface area (Å²) in [6, 6.07) is 5.46. The summed E-state index contributed by atoms with van der Waals surface area (Å²) in [4.78, 5) is 19.1. The lowest BCUT2D eigenvalue weighted by atomic mass is 10.00. The highest BCUT2D eigenvalue weighted by molar-refractivity contribution is 5.97. The van der Waals surface area contributed by atoms with Crippen LogP contribution < -0.4 is 0 Å². The van der Waals surface area contributed by atoms with Crippen molar-refractivity contribution in [3.63, 3.8) is 0 Å². The van der Waals surface area contributed by atoms with E-state index in [1.54, 1.807) is 4.68 Å². The maximum absolute atomic E-state index is 13.0. The molecule has 4 rings (SSSR count). The van der Waals surface area contributed by atoms with E-state index < -0.39 is 0 Å². The lowest BCUT2D eigenvalue weighted by Gasteiger charge is -2.34. The number of hydrogen-bond donors (Lipinski definition) is 1. The first kappa shape index (κ1) is 13.9. The first-order chi connectivity index (χ1) is 11.2. The van der Waals surface area contributed by atoms with Crippen LogP contribution in [0.1, 0.15) is 41.5 Å². The average Bonchev–Trinajstić information content (AvgIpc) is 3.24. The second-order valence-corrected chi connectivity index (χ2v) is 5.80. The van der Waals surface area contributed by atoms with Gasteiger partial charge in [0, 0.05) is 19.2 Å². The minimum Gasteiger partial charge on any atom is -0.328 e. The van der Waals surface area contributed by atoms with E-state index in [1.165, 1.54) is 6.33 Å². The SMILES string of the molecule is Cn1nnc2ccc(C(=O)N3CCCC[C@@H]3c3ncn[nH]3)cc21. The van der Waals surface area contributed by atoms with E-state index in [4.69, 9.17) is 0 Å². The summed E-state index contributed by atoms with van der Waals surface area (Å²) < 4.78 is 1.68. The molecular weight excluding hydrogens is 294 g/mol. The number of hydrogen-bond acceptors (Lipinski definition) is 5. The summed E-state index contributed by atoms with van der Waals surface area (Å²) in [5.41, 5.74) is 2.29. The molecule has 0 bridgehead atoms. The minimum atomic E-state index is -0.0425. The molecule has 1 saturated heterocycles. The van der Waals surface area contributed by atoms with Gasteiger partial charge in [-0.1, -0.05) is 5.21 Å². The Hall–Kier alpha value is -2.77. The molecule has 0 spiro atoms. The van der Waals surface area contributed by atoms with Crippen molar-refractivity contribution in [1.82, 2.24) is 35.1 Å². The fourth-order valence-corrected chi connectivity index (χ4v) is 3.16. The smallest absolute Gasteiger partial charge is 0.254 e. The van der Waals surface area contributed by atoms with Crippen LogP contribution in [0.4, 0.5) is 0 Å². The van der Waals surface area contributed by atoms with Gasteiger partial charge in [0.2, 0.25) is 0 Å². The lowest BCUT2D eigenvalue weighted by molar-refractivity contribution is 0.0600. The number of benzene rings is 1. The van der Waals surface area contributed by atoms with Crippen LogP contribution >= 0.6 is 0 Å². The van der Waals surface area contributed by atoms with Crippen molar-refractivity contribution >= 4 is 16.9 Å². The zero-order valence-corrected chi connectivity index (χ0v) is 12.8. The highest BCUT2D eigenvalue weighted by Crippen LogP contribution is 2.30. The molecule has 1 aromatic carbocycles. The van der Waals surface area contributed by atoms with Gasteiger partial charge in [0.15, 0.2) is 0 Å². The van der Waals surface area contributed by atoms with Crippen LogP contribution in [0, 0.1) is 0 Å². The number of aromatic amines is 1. The van der Waals surface area contributed by atoms with Crippen LogP contribution in [0.25, 0.3) is 11.0 Å². The normalized spacial score (nSPS) is 18.5. The van der Waals surface area contributed by atoms with Crippen molar-refractivity contribution < 1.29 is 4.79 Å². The first-order valence-corrected chi connectivity index (χ1v) is 7.70. The van der Waals surface area contributed by atoms with Gasteiger partial charge in [0.05, 0.1) is 11.6 Å². The van der Waals surface area contributed by atoms with Crippen molar-refractivity contribution in [2.24, 2.45) is 7.05 Å². The fourth-order valence-electron chi connectivity index (χ4n) is 3.16. The highest BCUT2D eigenvalue weighted by Gasteiger charge is 2.30.